The minimum absolute atomic E-state index is 0.266. The van der Waals surface area contributed by atoms with Crippen molar-refractivity contribution in [3.8, 4) is 0 Å². The average molecular weight is 411 g/mol. The molecule has 0 aliphatic rings. The third-order valence-electron chi connectivity index (χ3n) is 2.41. The zero-order valence-corrected chi connectivity index (χ0v) is 17.5. The molecule has 0 saturated heterocycles. The molecule has 0 aromatic carbocycles. The highest BCUT2D eigenvalue weighted by Crippen LogP contribution is 2.47. The average Bonchev–Trinajstić information content (AvgIpc) is 2.51. The maximum Gasteiger partial charge on any atom is 0.351 e. The van der Waals surface area contributed by atoms with Crippen LogP contribution < -0.4 is 0 Å². The Kier molecular flexibility index (Phi) is 15.0. The van der Waals surface area contributed by atoms with Crippen molar-refractivity contribution < 1.29 is 18.2 Å². The van der Waals surface area contributed by atoms with Gasteiger partial charge >= 0.3 is 13.8 Å². The highest BCUT2D eigenvalue weighted by atomic mass is 32.4. The molecule has 0 fully saturated rings. The molecule has 2 atom stereocenters. The van der Waals surface area contributed by atoms with Gasteiger partial charge in [-0.2, -0.15) is 0 Å². The van der Waals surface area contributed by atoms with Crippen LogP contribution in [0.3, 0.4) is 0 Å². The molecule has 0 spiro atoms. The number of aliphatic hydroxyl groups excluding tert-OH is 2. The van der Waals surface area contributed by atoms with Crippen LogP contribution in [-0.2, 0) is 31.6 Å². The van der Waals surface area contributed by atoms with Crippen LogP contribution in [-0.4, -0.2) is 39.8 Å². The molecule has 0 saturated carbocycles. The molecule has 21 heavy (non-hydrogen) atoms. The number of unbranched alkanes of at least 4 members (excludes halogenated alkanes) is 2. The van der Waals surface area contributed by atoms with E-state index in [1.165, 1.54) is 0 Å². The summed E-state index contributed by atoms with van der Waals surface area (Å²) in [6.45, 7) is 1.74. The van der Waals surface area contributed by atoms with Crippen molar-refractivity contribution in [2.24, 2.45) is 0 Å². The number of hydrogen-bond acceptors (Lipinski definition) is 8. The molecule has 124 valence electrons. The summed E-state index contributed by atoms with van der Waals surface area (Å²) in [5.74, 6) is 0. The maximum absolute atomic E-state index is 9.54. The highest BCUT2D eigenvalue weighted by Gasteiger charge is 2.39. The minimum atomic E-state index is -0.963. The first-order valence-electron chi connectivity index (χ1n) is 6.86. The molecule has 2 unspecified atom stereocenters. The van der Waals surface area contributed by atoms with Crippen LogP contribution in [0.4, 0.5) is 0 Å². The standard InChI is InChI=1S/C11H24O4P2S4/c1-3-5-7-16(18)14-20-11(9-12,10-13)21-15-17(19)8-6-4-2/h12-13H,3-10H2,1-2H3/q+2. The molecular weight excluding hydrogens is 386 g/mol. The van der Waals surface area contributed by atoms with Crippen LogP contribution >= 0.6 is 37.9 Å². The lowest BCUT2D eigenvalue weighted by molar-refractivity contribution is 0.211. The molecule has 0 radical (unpaired) electrons. The van der Waals surface area contributed by atoms with Gasteiger partial charge in [-0.25, -0.2) is 0 Å². The van der Waals surface area contributed by atoms with Crippen LogP contribution in [0.2, 0.25) is 0 Å². The topological polar surface area (TPSA) is 58.9 Å². The van der Waals surface area contributed by atoms with Crippen molar-refractivity contribution in [2.45, 2.75) is 43.6 Å². The summed E-state index contributed by atoms with van der Waals surface area (Å²) in [5, 5.41) is 19.1. The Hall–Kier alpha value is 1.58. The first-order chi connectivity index (χ1) is 10.0. The first kappa shape index (κ1) is 22.6. The Morgan fingerprint density at radius 2 is 1.29 bits per heavy atom. The van der Waals surface area contributed by atoms with Gasteiger partial charge in [-0.05, 0) is 12.8 Å². The predicted molar refractivity (Wildman–Crippen MR) is 102 cm³/mol. The quantitative estimate of drug-likeness (QED) is 0.250. The van der Waals surface area contributed by atoms with Gasteiger partial charge in [-0.15, -0.1) is 0 Å². The van der Waals surface area contributed by atoms with Crippen molar-refractivity contribution in [3.05, 3.63) is 0 Å². The van der Waals surface area contributed by atoms with E-state index in [-0.39, 0.29) is 13.2 Å². The van der Waals surface area contributed by atoms with Crippen LogP contribution in [0.15, 0.2) is 0 Å². The molecule has 4 nitrogen and oxygen atoms in total. The molecule has 0 bridgehead atoms. The largest absolute Gasteiger partial charge is 0.394 e. The van der Waals surface area contributed by atoms with Gasteiger partial charge in [0.15, 0.2) is 40.0 Å². The van der Waals surface area contributed by atoms with Crippen LogP contribution in [0.1, 0.15) is 39.5 Å². The van der Waals surface area contributed by atoms with Gasteiger partial charge in [0, 0.05) is 0 Å². The zero-order valence-electron chi connectivity index (χ0n) is 12.4. The van der Waals surface area contributed by atoms with E-state index in [0.29, 0.717) is 0 Å². The molecule has 0 amide bonds. The van der Waals surface area contributed by atoms with Gasteiger partial charge in [0.05, 0.1) is 37.3 Å². The van der Waals surface area contributed by atoms with Crippen LogP contribution in [0.5, 0.6) is 0 Å². The van der Waals surface area contributed by atoms with E-state index in [1.54, 1.807) is 0 Å². The molecule has 0 aromatic rings. The molecule has 2 N–H and O–H groups in total. The zero-order chi connectivity index (χ0) is 16.1. The summed E-state index contributed by atoms with van der Waals surface area (Å²) in [5.41, 5.74) is 0. The fourth-order valence-corrected chi connectivity index (χ4v) is 6.73. The third-order valence-corrected chi connectivity index (χ3v) is 9.43. The number of hydrogen-bond donors (Lipinski definition) is 2. The second-order valence-corrected chi connectivity index (χ2v) is 12.4. The molecule has 0 rings (SSSR count). The van der Waals surface area contributed by atoms with E-state index in [0.717, 1.165) is 62.1 Å². The van der Waals surface area contributed by atoms with E-state index in [2.05, 4.69) is 13.8 Å². The highest BCUT2D eigenvalue weighted by molar-refractivity contribution is 8.19. The summed E-state index contributed by atoms with van der Waals surface area (Å²) in [6.07, 6.45) is 5.89. The Morgan fingerprint density at radius 1 is 0.905 bits per heavy atom. The summed E-state index contributed by atoms with van der Waals surface area (Å²) in [4.78, 5) is 0. The molecule has 0 aliphatic carbocycles. The number of aliphatic hydroxyl groups is 2. The molecular formula is C11H24O4P2S4+2. The lowest BCUT2D eigenvalue weighted by Gasteiger charge is -2.21. The van der Waals surface area contributed by atoms with Crippen molar-refractivity contribution in [1.82, 2.24) is 0 Å². The fourth-order valence-electron chi connectivity index (χ4n) is 1.04. The van der Waals surface area contributed by atoms with Crippen LogP contribution in [0, 0.1) is 0 Å². The normalized spacial score (nSPS) is 13.3. The summed E-state index contributed by atoms with van der Waals surface area (Å²) in [7, 11) is 0. The minimum Gasteiger partial charge on any atom is -0.394 e. The van der Waals surface area contributed by atoms with Gasteiger partial charge < -0.3 is 10.2 Å². The molecule has 0 heterocycles. The Balaban J connectivity index is 4.28. The Bertz CT molecular complexity index is 291. The van der Waals surface area contributed by atoms with E-state index in [4.69, 9.17) is 31.6 Å². The summed E-state index contributed by atoms with van der Waals surface area (Å²) >= 11 is 12.5. The second kappa shape index (κ2) is 14.0. The number of rotatable bonds is 14. The van der Waals surface area contributed by atoms with E-state index < -0.39 is 17.9 Å². The van der Waals surface area contributed by atoms with E-state index >= 15 is 0 Å². The van der Waals surface area contributed by atoms with Crippen molar-refractivity contribution in [3.63, 3.8) is 0 Å². The van der Waals surface area contributed by atoms with Crippen molar-refractivity contribution in [1.29, 1.82) is 0 Å². The first-order valence-corrected chi connectivity index (χ1v) is 13.3. The van der Waals surface area contributed by atoms with E-state index in [9.17, 15) is 10.2 Å². The lowest BCUT2D eigenvalue weighted by atomic mass is 10.4. The van der Waals surface area contributed by atoms with Gasteiger partial charge in [0.1, 0.15) is 0 Å². The monoisotopic (exact) mass is 410 g/mol. The lowest BCUT2D eigenvalue weighted by Crippen LogP contribution is -2.30. The maximum atomic E-state index is 9.54. The molecule has 0 aromatic heterocycles. The van der Waals surface area contributed by atoms with Gasteiger partial charge in [0.25, 0.3) is 0 Å². The third kappa shape index (κ3) is 10.9. The fraction of sp³-hybridized carbons (Fsp3) is 1.00. The SMILES string of the molecule is CCCC[P+](=S)OSC(CO)(CO)SO[P+](=S)CCCC. The Morgan fingerprint density at radius 3 is 1.57 bits per heavy atom. The second-order valence-electron chi connectivity index (χ2n) is 4.36. The van der Waals surface area contributed by atoms with Gasteiger partial charge in [-0.3, -0.25) is 0 Å². The molecule has 10 heteroatoms. The predicted octanol–water partition coefficient (Wildman–Crippen LogP) is 4.31. The van der Waals surface area contributed by atoms with Crippen molar-refractivity contribution >= 4 is 61.5 Å². The molecule has 0 aliphatic heterocycles. The van der Waals surface area contributed by atoms with E-state index in [1.807, 2.05) is 0 Å². The van der Waals surface area contributed by atoms with Crippen LogP contribution in [0.25, 0.3) is 0 Å². The van der Waals surface area contributed by atoms with Gasteiger partial charge in [0.2, 0.25) is 0 Å². The van der Waals surface area contributed by atoms with Crippen molar-refractivity contribution in [2.75, 3.05) is 25.5 Å². The summed E-state index contributed by atoms with van der Waals surface area (Å²) in [6, 6.07) is 0. The Labute approximate surface area is 148 Å². The smallest absolute Gasteiger partial charge is 0.351 e. The van der Waals surface area contributed by atoms with Gasteiger partial charge in [-0.1, -0.05) is 34.6 Å². The summed E-state index contributed by atoms with van der Waals surface area (Å²) < 4.78 is 10.1.